The van der Waals surface area contributed by atoms with Crippen LogP contribution >= 0.6 is 0 Å². The number of fused-ring (bicyclic) bond motifs is 1. The molecule has 7 nitrogen and oxygen atoms in total. The lowest BCUT2D eigenvalue weighted by Crippen LogP contribution is -2.56. The molecular formula is C23H32N2O5. The van der Waals surface area contributed by atoms with Crippen molar-refractivity contribution in [1.82, 2.24) is 10.2 Å². The minimum atomic E-state index is -0.948. The third kappa shape index (κ3) is 5.01. The number of nitrogens with one attached hydrogen (secondary N) is 1. The van der Waals surface area contributed by atoms with Crippen molar-refractivity contribution in [3.63, 3.8) is 0 Å². The first-order chi connectivity index (χ1) is 14.4. The number of amides is 1. The van der Waals surface area contributed by atoms with E-state index in [1.807, 2.05) is 30.3 Å². The van der Waals surface area contributed by atoms with Gasteiger partial charge in [0.15, 0.2) is 0 Å². The van der Waals surface area contributed by atoms with Gasteiger partial charge in [-0.15, -0.1) is 0 Å². The van der Waals surface area contributed by atoms with Crippen molar-refractivity contribution >= 4 is 17.8 Å². The largest absolute Gasteiger partial charge is 0.480 e. The number of esters is 1. The van der Waals surface area contributed by atoms with Crippen LogP contribution in [-0.2, 0) is 25.5 Å². The van der Waals surface area contributed by atoms with Crippen LogP contribution in [0.3, 0.4) is 0 Å². The summed E-state index contributed by atoms with van der Waals surface area (Å²) in [4.78, 5) is 39.3. The van der Waals surface area contributed by atoms with Crippen LogP contribution in [0.2, 0.25) is 0 Å². The fourth-order valence-corrected chi connectivity index (χ4v) is 4.90. The molecule has 164 valence electrons. The number of hydrogen-bond donors (Lipinski definition) is 2. The van der Waals surface area contributed by atoms with Gasteiger partial charge in [-0.3, -0.25) is 14.9 Å². The van der Waals surface area contributed by atoms with Crippen molar-refractivity contribution < 1.29 is 24.2 Å². The summed E-state index contributed by atoms with van der Waals surface area (Å²) in [5.41, 5.74) is 0.958. The molecule has 30 heavy (non-hydrogen) atoms. The zero-order valence-electron chi connectivity index (χ0n) is 17.8. The van der Waals surface area contributed by atoms with Crippen molar-refractivity contribution in [3.8, 4) is 0 Å². The predicted octanol–water partition coefficient (Wildman–Crippen LogP) is 2.38. The maximum Gasteiger partial charge on any atom is 0.326 e. The maximum absolute atomic E-state index is 13.3. The summed E-state index contributed by atoms with van der Waals surface area (Å²) in [5.74, 6) is -1.36. The number of carboxylic acid groups (broad SMARTS) is 1. The summed E-state index contributed by atoms with van der Waals surface area (Å²) < 4.78 is 5.21. The van der Waals surface area contributed by atoms with E-state index in [0.29, 0.717) is 12.8 Å². The molecule has 1 aromatic rings. The van der Waals surface area contributed by atoms with E-state index in [2.05, 4.69) is 5.32 Å². The molecule has 1 saturated heterocycles. The second kappa shape index (κ2) is 10.1. The standard InChI is InChI=1S/C23H32N2O5/c1-3-30-23(29)18(13-16-9-5-4-6-10-16)24-15(2)21(26)25-19-12-8-7-11-17(19)14-20(25)22(27)28/h4-6,9-10,15,17-20,24H,3,7-8,11-14H2,1-2H3,(H,27,28)/t15-,17+,18-,19-,20-/m0/s1. The zero-order chi connectivity index (χ0) is 21.7. The smallest absolute Gasteiger partial charge is 0.326 e. The maximum atomic E-state index is 13.3. The molecule has 1 saturated carbocycles. The Balaban J connectivity index is 1.74. The molecule has 0 bridgehead atoms. The minimum absolute atomic E-state index is 0.0215. The predicted molar refractivity (Wildman–Crippen MR) is 112 cm³/mol. The number of likely N-dealkylation sites (tertiary alicyclic amines) is 1. The molecule has 7 heteroatoms. The highest BCUT2D eigenvalue weighted by atomic mass is 16.5. The molecule has 1 heterocycles. The van der Waals surface area contributed by atoms with Gasteiger partial charge in [0.05, 0.1) is 12.6 Å². The minimum Gasteiger partial charge on any atom is -0.480 e. The van der Waals surface area contributed by atoms with Gasteiger partial charge in [0.25, 0.3) is 0 Å². The molecule has 0 aromatic heterocycles. The van der Waals surface area contributed by atoms with Crippen LogP contribution in [0.5, 0.6) is 0 Å². The first kappa shape index (κ1) is 22.3. The van der Waals surface area contributed by atoms with Gasteiger partial charge < -0.3 is 14.7 Å². The Morgan fingerprint density at radius 1 is 1.20 bits per heavy atom. The van der Waals surface area contributed by atoms with Crippen LogP contribution < -0.4 is 5.32 Å². The van der Waals surface area contributed by atoms with Crippen molar-refractivity contribution in [2.45, 2.75) is 76.5 Å². The number of carbonyl (C=O) groups is 3. The van der Waals surface area contributed by atoms with Gasteiger partial charge in [-0.1, -0.05) is 43.2 Å². The monoisotopic (exact) mass is 416 g/mol. The number of hydrogen-bond acceptors (Lipinski definition) is 5. The second-order valence-corrected chi connectivity index (χ2v) is 8.33. The fourth-order valence-electron chi connectivity index (χ4n) is 4.90. The average molecular weight is 417 g/mol. The Labute approximate surface area is 177 Å². The van der Waals surface area contributed by atoms with E-state index in [4.69, 9.17) is 4.74 Å². The molecule has 0 unspecified atom stereocenters. The molecule has 1 amide bonds. The number of nitrogens with zero attached hydrogens (tertiary/aromatic N) is 1. The third-order valence-electron chi connectivity index (χ3n) is 6.30. The Morgan fingerprint density at radius 3 is 2.57 bits per heavy atom. The molecule has 0 spiro atoms. The van der Waals surface area contributed by atoms with Crippen LogP contribution in [0.4, 0.5) is 0 Å². The second-order valence-electron chi connectivity index (χ2n) is 8.33. The normalized spacial score (nSPS) is 25.3. The molecule has 2 aliphatic rings. The Bertz CT molecular complexity index is 753. The SMILES string of the molecule is CCOC(=O)[C@H](Cc1ccccc1)N[C@@H](C)C(=O)N1[C@H](C(=O)O)C[C@H]2CCCC[C@@H]21. The molecule has 0 radical (unpaired) electrons. The Morgan fingerprint density at radius 2 is 1.90 bits per heavy atom. The summed E-state index contributed by atoms with van der Waals surface area (Å²) in [6.45, 7) is 3.71. The van der Waals surface area contributed by atoms with E-state index in [1.54, 1.807) is 18.7 Å². The summed E-state index contributed by atoms with van der Waals surface area (Å²) in [5, 5.41) is 12.8. The molecule has 2 N–H and O–H groups in total. The number of ether oxygens (including phenoxy) is 1. The van der Waals surface area contributed by atoms with Crippen molar-refractivity contribution in [1.29, 1.82) is 0 Å². The number of rotatable bonds is 8. The highest BCUT2D eigenvalue weighted by Gasteiger charge is 2.48. The number of benzene rings is 1. The van der Waals surface area contributed by atoms with Crippen LogP contribution in [0.1, 0.15) is 51.5 Å². The van der Waals surface area contributed by atoms with Crippen molar-refractivity contribution in [2.24, 2.45) is 5.92 Å². The fraction of sp³-hybridized carbons (Fsp3) is 0.609. The first-order valence-corrected chi connectivity index (χ1v) is 10.9. The molecule has 3 rings (SSSR count). The van der Waals surface area contributed by atoms with Crippen LogP contribution in [0, 0.1) is 5.92 Å². The summed E-state index contributed by atoms with van der Waals surface area (Å²) in [6, 6.07) is 7.38. The van der Waals surface area contributed by atoms with Gasteiger partial charge in [0.2, 0.25) is 5.91 Å². The first-order valence-electron chi connectivity index (χ1n) is 10.9. The van der Waals surface area contributed by atoms with E-state index in [9.17, 15) is 19.5 Å². The van der Waals surface area contributed by atoms with Crippen LogP contribution in [-0.4, -0.2) is 58.6 Å². The van der Waals surface area contributed by atoms with Gasteiger partial charge in [-0.05, 0) is 51.0 Å². The highest BCUT2D eigenvalue weighted by Crippen LogP contribution is 2.40. The number of carbonyl (C=O) groups excluding carboxylic acids is 2. The molecular weight excluding hydrogens is 384 g/mol. The van der Waals surface area contributed by atoms with E-state index >= 15 is 0 Å². The lowest BCUT2D eigenvalue weighted by molar-refractivity contribution is -0.151. The highest BCUT2D eigenvalue weighted by molar-refractivity contribution is 5.88. The molecule has 1 aliphatic carbocycles. The lowest BCUT2D eigenvalue weighted by atomic mass is 9.84. The third-order valence-corrected chi connectivity index (χ3v) is 6.30. The quantitative estimate of drug-likeness (QED) is 0.632. The Kier molecular flexibility index (Phi) is 7.48. The van der Waals surface area contributed by atoms with E-state index < -0.39 is 30.1 Å². The summed E-state index contributed by atoms with van der Waals surface area (Å²) in [7, 11) is 0. The Hall–Kier alpha value is -2.41. The molecule has 5 atom stereocenters. The van der Waals surface area contributed by atoms with E-state index in [0.717, 1.165) is 31.2 Å². The van der Waals surface area contributed by atoms with Gasteiger partial charge in [-0.2, -0.15) is 0 Å². The van der Waals surface area contributed by atoms with Gasteiger partial charge in [0, 0.05) is 6.04 Å². The van der Waals surface area contributed by atoms with Gasteiger partial charge in [-0.25, -0.2) is 4.79 Å². The van der Waals surface area contributed by atoms with E-state index in [1.165, 1.54) is 0 Å². The molecule has 1 aromatic carbocycles. The molecule has 2 fully saturated rings. The van der Waals surface area contributed by atoms with E-state index in [-0.39, 0.29) is 24.5 Å². The van der Waals surface area contributed by atoms with Crippen LogP contribution in [0.25, 0.3) is 0 Å². The summed E-state index contributed by atoms with van der Waals surface area (Å²) >= 11 is 0. The topological polar surface area (TPSA) is 95.9 Å². The van der Waals surface area contributed by atoms with Crippen molar-refractivity contribution in [2.75, 3.05) is 6.61 Å². The average Bonchev–Trinajstić information content (AvgIpc) is 3.13. The van der Waals surface area contributed by atoms with Gasteiger partial charge >= 0.3 is 11.9 Å². The van der Waals surface area contributed by atoms with Gasteiger partial charge in [0.1, 0.15) is 12.1 Å². The lowest BCUT2D eigenvalue weighted by Gasteiger charge is -2.35. The van der Waals surface area contributed by atoms with Crippen molar-refractivity contribution in [3.05, 3.63) is 35.9 Å². The zero-order valence-corrected chi connectivity index (χ0v) is 17.8. The molecule has 1 aliphatic heterocycles. The van der Waals surface area contributed by atoms with Crippen LogP contribution in [0.15, 0.2) is 30.3 Å². The summed E-state index contributed by atoms with van der Waals surface area (Å²) in [6.07, 6.45) is 4.83. The number of carboxylic acids is 1. The number of aliphatic carboxylic acids is 1.